The summed E-state index contributed by atoms with van der Waals surface area (Å²) in [7, 11) is 0. The van der Waals surface area contributed by atoms with Gasteiger partial charge in [-0.3, -0.25) is 0 Å². The number of hydrogen-bond donors (Lipinski definition) is 1. The summed E-state index contributed by atoms with van der Waals surface area (Å²) in [6.45, 7) is 7.60. The van der Waals surface area contributed by atoms with E-state index in [4.69, 9.17) is 10.5 Å². The van der Waals surface area contributed by atoms with Crippen molar-refractivity contribution in [3.05, 3.63) is 0 Å². The number of likely N-dealkylation sites (tertiary alicyclic amines) is 1. The molecule has 1 atom stereocenters. The smallest absolute Gasteiger partial charge is 0.410 e. The van der Waals surface area contributed by atoms with E-state index in [-0.39, 0.29) is 12.0 Å². The van der Waals surface area contributed by atoms with E-state index >= 15 is 0 Å². The van der Waals surface area contributed by atoms with E-state index in [9.17, 15) is 13.6 Å². The molecule has 1 saturated heterocycles. The zero-order valence-electron chi connectivity index (χ0n) is 12.1. The second kappa shape index (κ2) is 5.61. The van der Waals surface area contributed by atoms with Gasteiger partial charge in [0.1, 0.15) is 5.60 Å². The molecular formula is C13H24F2N2O2. The van der Waals surface area contributed by atoms with E-state index in [0.717, 1.165) is 0 Å². The average molecular weight is 278 g/mol. The number of nitrogens with two attached hydrogens (primary N) is 1. The van der Waals surface area contributed by atoms with Crippen LogP contribution in [0.25, 0.3) is 0 Å². The molecule has 0 aromatic carbocycles. The van der Waals surface area contributed by atoms with Gasteiger partial charge in [0, 0.05) is 13.1 Å². The Balaban J connectivity index is 2.52. The van der Waals surface area contributed by atoms with Crippen molar-refractivity contribution in [2.75, 3.05) is 13.1 Å². The van der Waals surface area contributed by atoms with Gasteiger partial charge in [-0.25, -0.2) is 13.6 Å². The van der Waals surface area contributed by atoms with Crippen molar-refractivity contribution < 1.29 is 18.3 Å². The summed E-state index contributed by atoms with van der Waals surface area (Å²) >= 11 is 0. The van der Waals surface area contributed by atoms with E-state index < -0.39 is 17.6 Å². The van der Waals surface area contributed by atoms with Gasteiger partial charge in [-0.15, -0.1) is 0 Å². The van der Waals surface area contributed by atoms with Crippen molar-refractivity contribution in [3.63, 3.8) is 0 Å². The maximum Gasteiger partial charge on any atom is 0.410 e. The van der Waals surface area contributed by atoms with Gasteiger partial charge in [0.2, 0.25) is 0 Å². The van der Waals surface area contributed by atoms with E-state index in [1.54, 1.807) is 25.7 Å². The van der Waals surface area contributed by atoms with Gasteiger partial charge in [0.05, 0.1) is 5.54 Å². The Kier molecular flexibility index (Phi) is 4.76. The number of halogens is 2. The van der Waals surface area contributed by atoms with Crippen LogP contribution in [0.2, 0.25) is 0 Å². The van der Waals surface area contributed by atoms with Gasteiger partial charge >= 0.3 is 6.09 Å². The second-order valence-corrected chi connectivity index (χ2v) is 6.41. The van der Waals surface area contributed by atoms with Crippen LogP contribution in [0.4, 0.5) is 13.6 Å². The van der Waals surface area contributed by atoms with Gasteiger partial charge in [0.15, 0.2) is 0 Å². The highest BCUT2D eigenvalue weighted by Crippen LogP contribution is 2.31. The maximum atomic E-state index is 12.8. The molecule has 0 aliphatic carbocycles. The first-order chi connectivity index (χ1) is 8.54. The van der Waals surface area contributed by atoms with Gasteiger partial charge in [-0.1, -0.05) is 0 Å². The highest BCUT2D eigenvalue weighted by Gasteiger charge is 2.41. The highest BCUT2D eigenvalue weighted by atomic mass is 19.3. The van der Waals surface area contributed by atoms with Gasteiger partial charge in [-0.05, 0) is 46.5 Å². The Hall–Kier alpha value is -0.910. The number of amides is 1. The molecule has 1 amide bonds. The third-order valence-corrected chi connectivity index (χ3v) is 3.50. The number of nitrogens with zero attached hydrogens (tertiary/aromatic N) is 1. The molecule has 112 valence electrons. The summed E-state index contributed by atoms with van der Waals surface area (Å²) in [5.74, 6) is -0.272. The lowest BCUT2D eigenvalue weighted by atomic mass is 9.80. The first-order valence-electron chi connectivity index (χ1n) is 6.59. The Morgan fingerprint density at radius 3 is 2.11 bits per heavy atom. The quantitative estimate of drug-likeness (QED) is 0.844. The van der Waals surface area contributed by atoms with Crippen LogP contribution in [0, 0.1) is 5.92 Å². The predicted molar refractivity (Wildman–Crippen MR) is 69.1 cm³/mol. The minimum absolute atomic E-state index is 0.272. The van der Waals surface area contributed by atoms with Crippen LogP contribution in [0.5, 0.6) is 0 Å². The predicted octanol–water partition coefficient (Wildman–Crippen LogP) is 2.62. The molecular weight excluding hydrogens is 254 g/mol. The highest BCUT2D eigenvalue weighted by molar-refractivity contribution is 5.68. The van der Waals surface area contributed by atoms with Crippen LogP contribution in [0.15, 0.2) is 0 Å². The fraction of sp³-hybridized carbons (Fsp3) is 0.923. The number of piperidine rings is 1. The molecule has 1 heterocycles. The number of carbonyl (C=O) groups excluding carboxylic acids is 1. The van der Waals surface area contributed by atoms with Crippen LogP contribution in [-0.4, -0.2) is 41.6 Å². The van der Waals surface area contributed by atoms with Crippen molar-refractivity contribution in [3.8, 4) is 0 Å². The van der Waals surface area contributed by atoms with E-state index in [1.165, 1.54) is 6.92 Å². The Morgan fingerprint density at radius 2 is 1.74 bits per heavy atom. The lowest BCUT2D eigenvalue weighted by molar-refractivity contribution is -0.00691. The van der Waals surface area contributed by atoms with Crippen molar-refractivity contribution in [1.82, 2.24) is 4.90 Å². The molecule has 0 saturated carbocycles. The van der Waals surface area contributed by atoms with E-state index in [0.29, 0.717) is 25.9 Å². The zero-order chi connectivity index (χ0) is 14.8. The molecule has 1 unspecified atom stereocenters. The minimum Gasteiger partial charge on any atom is -0.444 e. The molecule has 2 N–H and O–H groups in total. The van der Waals surface area contributed by atoms with Crippen LogP contribution >= 0.6 is 0 Å². The Morgan fingerprint density at radius 1 is 1.26 bits per heavy atom. The van der Waals surface area contributed by atoms with Crippen molar-refractivity contribution >= 4 is 6.09 Å². The van der Waals surface area contributed by atoms with Gasteiger partial charge < -0.3 is 15.4 Å². The SMILES string of the molecule is CC(C)(C)OC(=O)N1CCC(C(C)(N)C(F)F)CC1. The summed E-state index contributed by atoms with van der Waals surface area (Å²) in [6, 6.07) is 0. The van der Waals surface area contributed by atoms with E-state index in [2.05, 4.69) is 0 Å². The van der Waals surface area contributed by atoms with Crippen molar-refractivity contribution in [2.24, 2.45) is 11.7 Å². The minimum atomic E-state index is -2.55. The lowest BCUT2D eigenvalue weighted by Gasteiger charge is -2.40. The number of ether oxygens (including phenoxy) is 1. The van der Waals surface area contributed by atoms with E-state index in [1.807, 2.05) is 0 Å². The molecule has 0 spiro atoms. The van der Waals surface area contributed by atoms with Crippen molar-refractivity contribution in [1.29, 1.82) is 0 Å². The van der Waals surface area contributed by atoms with Crippen LogP contribution < -0.4 is 5.73 Å². The normalized spacial score (nSPS) is 21.4. The molecule has 1 fully saturated rings. The third-order valence-electron chi connectivity index (χ3n) is 3.50. The molecule has 6 heteroatoms. The fourth-order valence-electron chi connectivity index (χ4n) is 2.19. The van der Waals surface area contributed by atoms with Crippen LogP contribution in [0.3, 0.4) is 0 Å². The zero-order valence-corrected chi connectivity index (χ0v) is 12.1. The summed E-state index contributed by atoms with van der Waals surface area (Å²) in [6.07, 6.45) is -1.97. The first-order valence-corrected chi connectivity index (χ1v) is 6.59. The number of alkyl halides is 2. The van der Waals surface area contributed by atoms with Crippen LogP contribution in [-0.2, 0) is 4.74 Å². The summed E-state index contributed by atoms with van der Waals surface area (Å²) in [5, 5.41) is 0. The van der Waals surface area contributed by atoms with Crippen LogP contribution in [0.1, 0.15) is 40.5 Å². The second-order valence-electron chi connectivity index (χ2n) is 6.41. The molecule has 1 aliphatic heterocycles. The molecule has 4 nitrogen and oxygen atoms in total. The third kappa shape index (κ3) is 4.30. The average Bonchev–Trinajstić information content (AvgIpc) is 2.26. The summed E-state index contributed by atoms with van der Waals surface area (Å²) < 4.78 is 30.9. The molecule has 1 aliphatic rings. The van der Waals surface area contributed by atoms with Gasteiger partial charge in [-0.2, -0.15) is 0 Å². The molecule has 0 aromatic rings. The Labute approximate surface area is 113 Å². The topological polar surface area (TPSA) is 55.6 Å². The largest absolute Gasteiger partial charge is 0.444 e. The molecule has 19 heavy (non-hydrogen) atoms. The lowest BCUT2D eigenvalue weighted by Crippen LogP contribution is -2.54. The maximum absolute atomic E-state index is 12.8. The van der Waals surface area contributed by atoms with Crippen molar-refractivity contribution in [2.45, 2.75) is 58.1 Å². The standard InChI is InChI=1S/C13H24F2N2O2/c1-12(2,3)19-11(18)17-7-5-9(6-8-17)13(4,16)10(14)15/h9-10H,5-8,16H2,1-4H3. The number of rotatable bonds is 2. The van der Waals surface area contributed by atoms with Gasteiger partial charge in [0.25, 0.3) is 6.43 Å². The molecule has 0 aromatic heterocycles. The monoisotopic (exact) mass is 278 g/mol. The summed E-state index contributed by atoms with van der Waals surface area (Å²) in [5.41, 5.74) is 3.64. The molecule has 0 bridgehead atoms. The molecule has 0 radical (unpaired) electrons. The summed E-state index contributed by atoms with van der Waals surface area (Å²) in [4.78, 5) is 13.4. The molecule has 1 rings (SSSR count). The number of hydrogen-bond acceptors (Lipinski definition) is 3. The number of carbonyl (C=O) groups is 1. The Bertz CT molecular complexity index is 319. The first kappa shape index (κ1) is 16.1. The fourth-order valence-corrected chi connectivity index (χ4v) is 2.19.